The Labute approximate surface area is 117 Å². The maximum Gasteiger partial charge on any atom is 0.311 e. The minimum absolute atomic E-state index is 0.0962. The van der Waals surface area contributed by atoms with E-state index < -0.39 is 16.3 Å². The van der Waals surface area contributed by atoms with Crippen LogP contribution in [0.4, 0.5) is 5.69 Å². The molecule has 0 aliphatic heterocycles. The maximum absolute atomic E-state index is 11.5. The fraction of sp³-hybridized carbons (Fsp3) is 0.500. The summed E-state index contributed by atoms with van der Waals surface area (Å²) in [6.45, 7) is 5.30. The van der Waals surface area contributed by atoms with Crippen molar-refractivity contribution in [2.24, 2.45) is 11.3 Å². The molecule has 6 heteroatoms. The summed E-state index contributed by atoms with van der Waals surface area (Å²) in [5.74, 6) is -0.840. The summed E-state index contributed by atoms with van der Waals surface area (Å²) in [5, 5.41) is 20.4. The van der Waals surface area contributed by atoms with Crippen LogP contribution in [0.25, 0.3) is 0 Å². The molecule has 0 spiro atoms. The van der Waals surface area contributed by atoms with Gasteiger partial charge in [-0.3, -0.25) is 14.9 Å². The second-order valence-electron chi connectivity index (χ2n) is 5.32. The number of ether oxygens (including phenoxy) is 1. The fourth-order valence-electron chi connectivity index (χ4n) is 1.94. The van der Waals surface area contributed by atoms with Crippen LogP contribution in [-0.4, -0.2) is 23.1 Å². The van der Waals surface area contributed by atoms with Gasteiger partial charge in [0.25, 0.3) is 0 Å². The smallest absolute Gasteiger partial charge is 0.311 e. The van der Waals surface area contributed by atoms with Crippen molar-refractivity contribution in [1.29, 1.82) is 0 Å². The normalized spacial score (nSPS) is 13.8. The molecule has 0 aromatic heterocycles. The van der Waals surface area contributed by atoms with Gasteiger partial charge in [-0.2, -0.15) is 0 Å². The molecule has 6 nitrogen and oxygen atoms in total. The lowest BCUT2D eigenvalue weighted by Gasteiger charge is -2.29. The zero-order valence-electron chi connectivity index (χ0n) is 12.0. The third kappa shape index (κ3) is 3.07. The first kappa shape index (κ1) is 15.9. The molecular formula is C14H19NO5. The van der Waals surface area contributed by atoms with Crippen molar-refractivity contribution in [3.8, 4) is 5.75 Å². The first-order valence-electron chi connectivity index (χ1n) is 6.27. The largest absolute Gasteiger partial charge is 0.490 e. The van der Waals surface area contributed by atoms with Crippen molar-refractivity contribution < 1.29 is 19.6 Å². The average Bonchev–Trinajstić information content (AvgIpc) is 2.37. The van der Waals surface area contributed by atoms with Crippen LogP contribution < -0.4 is 4.74 Å². The van der Waals surface area contributed by atoms with Crippen molar-refractivity contribution in [1.82, 2.24) is 0 Å². The van der Waals surface area contributed by atoms with Crippen molar-refractivity contribution in [2.75, 3.05) is 7.11 Å². The van der Waals surface area contributed by atoms with Crippen LogP contribution in [0.3, 0.4) is 0 Å². The number of nitro benzene ring substituents is 1. The summed E-state index contributed by atoms with van der Waals surface area (Å²) in [6.07, 6.45) is 0.227. The third-order valence-electron chi connectivity index (χ3n) is 3.77. The number of methoxy groups -OCH3 is 1. The molecule has 0 fully saturated rings. The van der Waals surface area contributed by atoms with Crippen LogP contribution >= 0.6 is 0 Å². The number of rotatable bonds is 6. The summed E-state index contributed by atoms with van der Waals surface area (Å²) in [7, 11) is 1.36. The molecule has 0 saturated heterocycles. The van der Waals surface area contributed by atoms with Crippen LogP contribution in [-0.2, 0) is 11.2 Å². The van der Waals surface area contributed by atoms with Crippen LogP contribution in [0, 0.1) is 21.4 Å². The first-order valence-corrected chi connectivity index (χ1v) is 6.27. The second kappa shape index (κ2) is 5.90. The van der Waals surface area contributed by atoms with Crippen LogP contribution in [0.2, 0.25) is 0 Å². The van der Waals surface area contributed by atoms with Crippen LogP contribution in [0.15, 0.2) is 18.2 Å². The number of aliphatic carboxylic acids is 1. The fourth-order valence-corrected chi connectivity index (χ4v) is 1.94. The predicted molar refractivity (Wildman–Crippen MR) is 73.9 cm³/mol. The Morgan fingerprint density at radius 3 is 2.50 bits per heavy atom. The lowest BCUT2D eigenvalue weighted by molar-refractivity contribution is -0.385. The van der Waals surface area contributed by atoms with E-state index in [0.29, 0.717) is 5.56 Å². The molecule has 1 rings (SSSR count). The van der Waals surface area contributed by atoms with Gasteiger partial charge < -0.3 is 9.84 Å². The van der Waals surface area contributed by atoms with E-state index in [-0.39, 0.29) is 23.8 Å². The molecule has 0 bridgehead atoms. The molecule has 1 unspecified atom stereocenters. The van der Waals surface area contributed by atoms with E-state index in [2.05, 4.69) is 0 Å². The van der Waals surface area contributed by atoms with E-state index in [4.69, 9.17) is 4.74 Å². The number of nitro groups is 1. The van der Waals surface area contributed by atoms with E-state index in [1.807, 2.05) is 13.8 Å². The zero-order valence-corrected chi connectivity index (χ0v) is 12.0. The Hall–Kier alpha value is -2.11. The van der Waals surface area contributed by atoms with Crippen molar-refractivity contribution in [3.05, 3.63) is 33.9 Å². The monoisotopic (exact) mass is 281 g/mol. The lowest BCUT2D eigenvalue weighted by atomic mass is 9.74. The third-order valence-corrected chi connectivity index (χ3v) is 3.77. The molecule has 0 saturated carbocycles. The molecule has 0 aliphatic rings. The van der Waals surface area contributed by atoms with Gasteiger partial charge in [0, 0.05) is 6.07 Å². The highest BCUT2D eigenvalue weighted by Gasteiger charge is 2.37. The first-order chi connectivity index (χ1) is 9.22. The van der Waals surface area contributed by atoms with Crippen molar-refractivity contribution in [3.63, 3.8) is 0 Å². The summed E-state index contributed by atoms with van der Waals surface area (Å²) in [4.78, 5) is 21.9. The highest BCUT2D eigenvalue weighted by molar-refractivity contribution is 5.75. The minimum atomic E-state index is -0.970. The number of hydrogen-bond acceptors (Lipinski definition) is 4. The van der Waals surface area contributed by atoms with Gasteiger partial charge in [-0.25, -0.2) is 0 Å². The molecule has 20 heavy (non-hydrogen) atoms. The molecule has 0 aliphatic carbocycles. The van der Waals surface area contributed by atoms with Crippen molar-refractivity contribution >= 4 is 11.7 Å². The second-order valence-corrected chi connectivity index (χ2v) is 5.32. The quantitative estimate of drug-likeness (QED) is 0.639. The highest BCUT2D eigenvalue weighted by Crippen LogP contribution is 2.35. The Morgan fingerprint density at radius 1 is 1.50 bits per heavy atom. The van der Waals surface area contributed by atoms with Gasteiger partial charge in [-0.15, -0.1) is 0 Å². The number of carbonyl (C=O) groups is 1. The number of carboxylic acid groups (broad SMARTS) is 1. The SMILES string of the molecule is COc1ccc(CC(C)(C(=O)O)C(C)C)cc1[N+](=O)[O-]. The summed E-state index contributed by atoms with van der Waals surface area (Å²) < 4.78 is 4.93. The maximum atomic E-state index is 11.5. The van der Waals surface area contributed by atoms with E-state index in [1.165, 1.54) is 19.2 Å². The number of hydrogen-bond donors (Lipinski definition) is 1. The van der Waals surface area contributed by atoms with Gasteiger partial charge in [0.05, 0.1) is 17.4 Å². The van der Waals surface area contributed by atoms with Crippen LogP contribution in [0.5, 0.6) is 5.75 Å². The molecule has 0 amide bonds. The van der Waals surface area contributed by atoms with Gasteiger partial charge in [-0.05, 0) is 30.9 Å². The number of nitrogens with zero attached hydrogens (tertiary/aromatic N) is 1. The van der Waals surface area contributed by atoms with Gasteiger partial charge in [0.1, 0.15) is 0 Å². The summed E-state index contributed by atoms with van der Waals surface area (Å²) in [5.41, 5.74) is -0.514. The van der Waals surface area contributed by atoms with E-state index >= 15 is 0 Å². The topological polar surface area (TPSA) is 89.7 Å². The molecule has 1 N–H and O–H groups in total. The molecule has 1 aromatic carbocycles. The Morgan fingerprint density at radius 2 is 2.10 bits per heavy atom. The predicted octanol–water partition coefficient (Wildman–Crippen LogP) is 2.89. The molecule has 0 heterocycles. The van der Waals surface area contributed by atoms with Crippen LogP contribution in [0.1, 0.15) is 26.3 Å². The van der Waals surface area contributed by atoms with Gasteiger partial charge in [0.2, 0.25) is 0 Å². The molecular weight excluding hydrogens is 262 g/mol. The lowest BCUT2D eigenvalue weighted by Crippen LogP contribution is -2.35. The number of carboxylic acids is 1. The Bertz CT molecular complexity index is 526. The molecule has 0 radical (unpaired) electrons. The van der Waals surface area contributed by atoms with Gasteiger partial charge >= 0.3 is 11.7 Å². The summed E-state index contributed by atoms with van der Waals surface area (Å²) >= 11 is 0. The minimum Gasteiger partial charge on any atom is -0.490 e. The molecule has 110 valence electrons. The van der Waals surface area contributed by atoms with E-state index in [1.54, 1.807) is 13.0 Å². The van der Waals surface area contributed by atoms with Gasteiger partial charge in [0.15, 0.2) is 5.75 Å². The Kier molecular flexibility index (Phi) is 4.70. The number of benzene rings is 1. The van der Waals surface area contributed by atoms with E-state index in [9.17, 15) is 20.0 Å². The molecule has 1 atom stereocenters. The molecule has 1 aromatic rings. The van der Waals surface area contributed by atoms with Gasteiger partial charge in [-0.1, -0.05) is 19.9 Å². The zero-order chi connectivity index (χ0) is 15.5. The average molecular weight is 281 g/mol. The van der Waals surface area contributed by atoms with Crippen molar-refractivity contribution in [2.45, 2.75) is 27.2 Å². The standard InChI is InChI=1S/C14H19NO5/c1-9(2)14(3,13(16)17)8-10-5-6-12(20-4)11(7-10)15(18)19/h5-7,9H,8H2,1-4H3,(H,16,17). The van der Waals surface area contributed by atoms with E-state index in [0.717, 1.165) is 0 Å². The summed E-state index contributed by atoms with van der Waals surface area (Å²) in [6, 6.07) is 4.54. The highest BCUT2D eigenvalue weighted by atomic mass is 16.6. The Balaban J connectivity index is 3.19.